The minimum Gasteiger partial charge on any atom is -0.339 e. The van der Waals surface area contributed by atoms with Crippen LogP contribution >= 0.6 is 11.8 Å². The van der Waals surface area contributed by atoms with E-state index in [1.807, 2.05) is 0 Å². The maximum Gasteiger partial charge on any atom is 0.243 e. The van der Waals surface area contributed by atoms with Crippen LogP contribution in [0, 0.1) is 17.5 Å². The van der Waals surface area contributed by atoms with Crippen molar-refractivity contribution in [1.29, 1.82) is 0 Å². The van der Waals surface area contributed by atoms with Crippen LogP contribution < -0.4 is 0 Å². The lowest BCUT2D eigenvalue weighted by Gasteiger charge is -2.34. The van der Waals surface area contributed by atoms with Crippen molar-refractivity contribution in [3.05, 3.63) is 59.9 Å². The van der Waals surface area contributed by atoms with E-state index in [1.54, 1.807) is 0 Å². The van der Waals surface area contributed by atoms with Gasteiger partial charge >= 0.3 is 0 Å². The van der Waals surface area contributed by atoms with Gasteiger partial charge in [-0.15, -0.1) is 11.8 Å². The highest BCUT2D eigenvalue weighted by molar-refractivity contribution is 8.00. The summed E-state index contributed by atoms with van der Waals surface area (Å²) in [5, 5.41) is 0. The molecule has 10 heteroatoms. The molecule has 1 saturated heterocycles. The molecular formula is C18H17F3N2O3S2. The Morgan fingerprint density at radius 3 is 2.32 bits per heavy atom. The molecule has 150 valence electrons. The zero-order chi connectivity index (χ0) is 20.3. The number of rotatable bonds is 5. The Bertz CT molecular complexity index is 978. The summed E-state index contributed by atoms with van der Waals surface area (Å²) in [5.41, 5.74) is 0. The lowest BCUT2D eigenvalue weighted by Crippen LogP contribution is -2.50. The average Bonchev–Trinajstić information content (AvgIpc) is 2.68. The van der Waals surface area contributed by atoms with E-state index in [4.69, 9.17) is 0 Å². The molecule has 0 bridgehead atoms. The third-order valence-corrected chi connectivity index (χ3v) is 7.15. The molecule has 2 aromatic carbocycles. The van der Waals surface area contributed by atoms with Crippen molar-refractivity contribution in [1.82, 2.24) is 9.21 Å². The van der Waals surface area contributed by atoms with E-state index in [9.17, 15) is 26.4 Å². The van der Waals surface area contributed by atoms with Gasteiger partial charge in [-0.25, -0.2) is 21.6 Å². The first-order chi connectivity index (χ1) is 13.3. The van der Waals surface area contributed by atoms with Crippen molar-refractivity contribution in [2.24, 2.45) is 0 Å². The number of amides is 1. The van der Waals surface area contributed by atoms with Crippen LogP contribution in [0.4, 0.5) is 13.2 Å². The standard InChI is InChI=1S/C18H17F3N2O3S2/c19-13-2-1-3-15(10-13)28(25,26)23-8-6-22(7-9-23)18(24)12-27-14-4-5-16(20)17(21)11-14/h1-5,10-11H,6-9,12H2. The van der Waals surface area contributed by atoms with E-state index in [0.717, 1.165) is 30.0 Å². The maximum atomic E-state index is 13.3. The molecule has 1 heterocycles. The van der Waals surface area contributed by atoms with Crippen LogP contribution in [0.2, 0.25) is 0 Å². The second kappa shape index (κ2) is 8.54. The summed E-state index contributed by atoms with van der Waals surface area (Å²) in [6, 6.07) is 8.20. The molecule has 0 spiro atoms. The molecule has 1 amide bonds. The van der Waals surface area contributed by atoms with Crippen LogP contribution in [0.5, 0.6) is 0 Å². The van der Waals surface area contributed by atoms with Gasteiger partial charge in [0.15, 0.2) is 11.6 Å². The lowest BCUT2D eigenvalue weighted by molar-refractivity contribution is -0.129. The van der Waals surface area contributed by atoms with Gasteiger partial charge < -0.3 is 4.90 Å². The van der Waals surface area contributed by atoms with Gasteiger partial charge in [0.1, 0.15) is 5.82 Å². The van der Waals surface area contributed by atoms with Crippen LogP contribution in [-0.4, -0.2) is 55.5 Å². The molecule has 1 aliphatic heterocycles. The zero-order valence-corrected chi connectivity index (χ0v) is 16.3. The minimum atomic E-state index is -3.82. The first kappa shape index (κ1) is 20.7. The van der Waals surface area contributed by atoms with Crippen LogP contribution in [-0.2, 0) is 14.8 Å². The van der Waals surface area contributed by atoms with Crippen molar-refractivity contribution in [3.63, 3.8) is 0 Å². The van der Waals surface area contributed by atoms with E-state index in [2.05, 4.69) is 0 Å². The Morgan fingerprint density at radius 2 is 1.68 bits per heavy atom. The highest BCUT2D eigenvalue weighted by atomic mass is 32.2. The van der Waals surface area contributed by atoms with Gasteiger partial charge in [-0.05, 0) is 36.4 Å². The smallest absolute Gasteiger partial charge is 0.243 e. The van der Waals surface area contributed by atoms with E-state index in [1.165, 1.54) is 33.5 Å². The zero-order valence-electron chi connectivity index (χ0n) is 14.6. The maximum absolute atomic E-state index is 13.3. The van der Waals surface area contributed by atoms with E-state index in [-0.39, 0.29) is 42.7 Å². The molecule has 1 aliphatic rings. The van der Waals surface area contributed by atoms with Crippen molar-refractivity contribution in [3.8, 4) is 0 Å². The lowest BCUT2D eigenvalue weighted by atomic mass is 10.3. The van der Waals surface area contributed by atoms with Gasteiger partial charge in [0.05, 0.1) is 10.6 Å². The molecule has 0 saturated carbocycles. The highest BCUT2D eigenvalue weighted by Crippen LogP contribution is 2.22. The van der Waals surface area contributed by atoms with Crippen molar-refractivity contribution >= 4 is 27.7 Å². The van der Waals surface area contributed by atoms with Gasteiger partial charge in [0.25, 0.3) is 0 Å². The fraction of sp³-hybridized carbons (Fsp3) is 0.278. The second-order valence-electron chi connectivity index (χ2n) is 6.11. The summed E-state index contributed by atoms with van der Waals surface area (Å²) in [5.74, 6) is -2.76. The molecule has 5 nitrogen and oxygen atoms in total. The molecule has 0 atom stereocenters. The number of hydrogen-bond acceptors (Lipinski definition) is 4. The van der Waals surface area contributed by atoms with E-state index >= 15 is 0 Å². The second-order valence-corrected chi connectivity index (χ2v) is 9.09. The molecule has 0 aliphatic carbocycles. The molecule has 0 unspecified atom stereocenters. The molecule has 28 heavy (non-hydrogen) atoms. The highest BCUT2D eigenvalue weighted by Gasteiger charge is 2.30. The van der Waals surface area contributed by atoms with Crippen LogP contribution in [0.1, 0.15) is 0 Å². The predicted octanol–water partition coefficient (Wildman–Crippen LogP) is 2.73. The number of thioether (sulfide) groups is 1. The van der Waals surface area contributed by atoms with Crippen molar-refractivity contribution in [2.45, 2.75) is 9.79 Å². The molecule has 1 fully saturated rings. The summed E-state index contributed by atoms with van der Waals surface area (Å²) >= 11 is 1.08. The van der Waals surface area contributed by atoms with Gasteiger partial charge in [0, 0.05) is 31.1 Å². The monoisotopic (exact) mass is 430 g/mol. The van der Waals surface area contributed by atoms with E-state index in [0.29, 0.717) is 4.90 Å². The van der Waals surface area contributed by atoms with Crippen LogP contribution in [0.3, 0.4) is 0 Å². The molecular weight excluding hydrogens is 413 g/mol. The summed E-state index contributed by atoms with van der Waals surface area (Å²) in [6.45, 7) is 0.596. The Hall–Kier alpha value is -2.04. The van der Waals surface area contributed by atoms with Crippen LogP contribution in [0.15, 0.2) is 52.3 Å². The third kappa shape index (κ3) is 4.68. The molecule has 3 rings (SSSR count). The molecule has 2 aromatic rings. The SMILES string of the molecule is O=C(CSc1ccc(F)c(F)c1)N1CCN(S(=O)(=O)c2cccc(F)c2)CC1. The Balaban J connectivity index is 1.55. The van der Waals surface area contributed by atoms with E-state index < -0.39 is 27.5 Å². The number of benzene rings is 2. The fourth-order valence-corrected chi connectivity index (χ4v) is 5.04. The Kier molecular flexibility index (Phi) is 6.31. The number of sulfonamides is 1. The quantitative estimate of drug-likeness (QED) is 0.685. The van der Waals surface area contributed by atoms with Gasteiger partial charge in [0.2, 0.25) is 15.9 Å². The summed E-state index contributed by atoms with van der Waals surface area (Å²) in [4.78, 5) is 14.1. The number of hydrogen-bond donors (Lipinski definition) is 0. The summed E-state index contributed by atoms with van der Waals surface area (Å²) in [7, 11) is -3.82. The number of halogens is 3. The summed E-state index contributed by atoms with van der Waals surface area (Å²) < 4.78 is 65.8. The Labute approximate surface area is 165 Å². The minimum absolute atomic E-state index is 0.0295. The van der Waals surface area contributed by atoms with Gasteiger partial charge in [-0.1, -0.05) is 6.07 Å². The number of carbonyl (C=O) groups excluding carboxylic acids is 1. The number of carbonyl (C=O) groups is 1. The first-order valence-corrected chi connectivity index (χ1v) is 10.8. The largest absolute Gasteiger partial charge is 0.339 e. The fourth-order valence-electron chi connectivity index (χ4n) is 2.76. The average molecular weight is 430 g/mol. The van der Waals surface area contributed by atoms with Gasteiger partial charge in [-0.2, -0.15) is 4.31 Å². The predicted molar refractivity (Wildman–Crippen MR) is 98.8 cm³/mol. The summed E-state index contributed by atoms with van der Waals surface area (Å²) in [6.07, 6.45) is 0. The molecule has 0 N–H and O–H groups in total. The molecule has 0 radical (unpaired) electrons. The number of nitrogens with zero attached hydrogens (tertiary/aromatic N) is 2. The normalized spacial score (nSPS) is 15.6. The topological polar surface area (TPSA) is 57.7 Å². The number of piperazine rings is 1. The Morgan fingerprint density at radius 1 is 0.964 bits per heavy atom. The van der Waals surface area contributed by atoms with Crippen molar-refractivity contribution in [2.75, 3.05) is 31.9 Å². The van der Waals surface area contributed by atoms with Crippen molar-refractivity contribution < 1.29 is 26.4 Å². The third-order valence-electron chi connectivity index (χ3n) is 4.28. The van der Waals surface area contributed by atoms with Crippen LogP contribution in [0.25, 0.3) is 0 Å². The molecule has 0 aromatic heterocycles. The first-order valence-electron chi connectivity index (χ1n) is 8.39. The van der Waals surface area contributed by atoms with Gasteiger partial charge in [-0.3, -0.25) is 4.79 Å².